The van der Waals surface area contributed by atoms with E-state index in [1.807, 2.05) is 0 Å². The molecule has 0 unspecified atom stereocenters. The van der Waals surface area contributed by atoms with Gasteiger partial charge in [0.1, 0.15) is 0 Å². The molecule has 0 aromatic carbocycles. The van der Waals surface area contributed by atoms with Gasteiger partial charge in [-0.05, 0) is 47.6 Å². The van der Waals surface area contributed by atoms with Crippen molar-refractivity contribution in [3.63, 3.8) is 0 Å². The molecule has 0 atom stereocenters. The molecule has 1 aromatic rings. The zero-order chi connectivity index (χ0) is 23.1. The summed E-state index contributed by atoms with van der Waals surface area (Å²) in [5, 5.41) is 0. The van der Waals surface area contributed by atoms with E-state index >= 15 is 0 Å². The molecule has 2 heterocycles. The Hall–Kier alpha value is 1.06. The van der Waals surface area contributed by atoms with Crippen LogP contribution < -0.4 is 0 Å². The molecule has 1 aliphatic rings. The normalized spacial score (nSPS) is 14.0. The molecule has 2 nitrogen and oxygen atoms in total. The summed E-state index contributed by atoms with van der Waals surface area (Å²) in [7, 11) is 9.53. The van der Waals surface area contributed by atoms with Gasteiger partial charge in [0.25, 0.3) is 0 Å². The van der Waals surface area contributed by atoms with Crippen molar-refractivity contribution in [2.75, 3.05) is 13.2 Å². The first-order chi connectivity index (χ1) is 14.1. The van der Waals surface area contributed by atoms with Crippen LogP contribution in [0, 0.1) is 0 Å². The third kappa shape index (κ3) is 14.3. The Bertz CT molecular complexity index is 483. The molecule has 0 bridgehead atoms. The van der Waals surface area contributed by atoms with Gasteiger partial charge in [0, 0.05) is 36.9 Å². The fourth-order valence-corrected chi connectivity index (χ4v) is 8.46. The fourth-order valence-electron chi connectivity index (χ4n) is 3.51. The van der Waals surface area contributed by atoms with Crippen LogP contribution in [0.2, 0.25) is 0 Å². The van der Waals surface area contributed by atoms with Crippen LogP contribution in [0.3, 0.4) is 0 Å². The summed E-state index contributed by atoms with van der Waals surface area (Å²) in [4.78, 5) is 5.01. The molecule has 1 fully saturated rings. The van der Waals surface area contributed by atoms with Crippen LogP contribution in [0.25, 0.3) is 0 Å². The Labute approximate surface area is 204 Å². The molecule has 30 heavy (non-hydrogen) atoms. The second-order valence-electron chi connectivity index (χ2n) is 8.71. The van der Waals surface area contributed by atoms with Crippen molar-refractivity contribution < 1.29 is 17.6 Å². The van der Waals surface area contributed by atoms with Gasteiger partial charge in [0.05, 0.1) is 0 Å². The molecule has 0 spiro atoms. The molecule has 0 aliphatic carbocycles. The number of hydrogen-bond acceptors (Lipinski definition) is 2. The third-order valence-electron chi connectivity index (χ3n) is 5.03. The van der Waals surface area contributed by atoms with Crippen LogP contribution in [-0.4, -0.2) is 40.8 Å². The number of rotatable bonds is 8. The van der Waals surface area contributed by atoms with E-state index in [4.69, 9.17) is 30.0 Å². The zero-order valence-corrected chi connectivity index (χ0v) is 24.5. The Morgan fingerprint density at radius 2 is 1.13 bits per heavy atom. The monoisotopic (exact) mass is 540 g/mol. The molecule has 0 N–H and O–H groups in total. The standard InChI is InChI=1S/C19H35NP2.C4H8O.2ClH.Co/c1-14(2)21(15(3)4)12-18-10-9-11-19(20-18)13-22(16(5)6)17(7)8;1-2-4-5-3-1;;;/h9-11,14-17H,12-13H2,1-8H3;1-4H2;2*1H;/q;;;;+2/p-2. The Morgan fingerprint density at radius 3 is 1.37 bits per heavy atom. The average molecular weight is 541 g/mol. The van der Waals surface area contributed by atoms with Crippen LogP contribution in [-0.2, 0) is 30.0 Å². The third-order valence-corrected chi connectivity index (χ3v) is 11.7. The van der Waals surface area contributed by atoms with Crippen molar-refractivity contribution in [3.8, 4) is 0 Å². The fraction of sp³-hybridized carbons (Fsp3) is 0.783. The average Bonchev–Trinajstić information content (AvgIpc) is 3.24. The van der Waals surface area contributed by atoms with Crippen molar-refractivity contribution >= 4 is 36.1 Å². The number of halogens is 2. The first kappa shape index (κ1) is 31.1. The van der Waals surface area contributed by atoms with E-state index in [1.165, 1.54) is 36.6 Å². The minimum absolute atomic E-state index is 0.0302. The number of aromatic nitrogens is 1. The van der Waals surface area contributed by atoms with E-state index < -0.39 is 0 Å². The summed E-state index contributed by atoms with van der Waals surface area (Å²) in [6.45, 7) is 20.9. The molecule has 0 saturated carbocycles. The van der Waals surface area contributed by atoms with Gasteiger partial charge in [0.15, 0.2) is 0 Å². The summed E-state index contributed by atoms with van der Waals surface area (Å²) < 4.78 is 4.94. The van der Waals surface area contributed by atoms with Gasteiger partial charge in [-0.25, -0.2) is 0 Å². The first-order valence-corrected chi connectivity index (χ1v) is 17.2. The van der Waals surface area contributed by atoms with Gasteiger partial charge < -0.3 is 4.74 Å². The molecular formula is C23H43Cl2CoNOP2. The van der Waals surface area contributed by atoms with Gasteiger partial charge in [-0.15, -0.1) is 0 Å². The van der Waals surface area contributed by atoms with Gasteiger partial charge in [-0.2, -0.15) is 0 Å². The van der Waals surface area contributed by atoms with Crippen molar-refractivity contribution in [1.82, 2.24) is 4.98 Å². The topological polar surface area (TPSA) is 22.1 Å². The maximum atomic E-state index is 5.01. The van der Waals surface area contributed by atoms with E-state index in [-0.39, 0.29) is 15.8 Å². The number of pyridine rings is 1. The Morgan fingerprint density at radius 1 is 0.800 bits per heavy atom. The summed E-state index contributed by atoms with van der Waals surface area (Å²) in [5.41, 5.74) is 5.75. The predicted octanol–water partition coefficient (Wildman–Crippen LogP) is 8.85. The van der Waals surface area contributed by atoms with Crippen LogP contribution in [0.1, 0.15) is 79.6 Å². The van der Waals surface area contributed by atoms with Crippen LogP contribution in [0.5, 0.6) is 0 Å². The van der Waals surface area contributed by atoms with Gasteiger partial charge in [-0.3, -0.25) is 4.98 Å². The molecule has 1 saturated heterocycles. The number of nitrogens with zero attached hydrogens (tertiary/aromatic N) is 1. The van der Waals surface area contributed by atoms with E-state index in [9.17, 15) is 0 Å². The Balaban J connectivity index is 0.000000877. The summed E-state index contributed by atoms with van der Waals surface area (Å²) in [6, 6.07) is 6.69. The molecule has 2 rings (SSSR count). The summed E-state index contributed by atoms with van der Waals surface area (Å²) >= 11 is 0.382. The van der Waals surface area contributed by atoms with Crippen molar-refractivity contribution in [1.29, 1.82) is 0 Å². The van der Waals surface area contributed by atoms with Crippen molar-refractivity contribution in [2.24, 2.45) is 0 Å². The second-order valence-corrected chi connectivity index (χ2v) is 17.2. The van der Waals surface area contributed by atoms with E-state index in [0.717, 1.165) is 35.8 Å². The molecule has 7 heteroatoms. The molecule has 1 aromatic heterocycles. The van der Waals surface area contributed by atoms with Gasteiger partial charge in [-0.1, -0.05) is 77.3 Å². The summed E-state index contributed by atoms with van der Waals surface area (Å²) in [5.74, 6) is 0. The summed E-state index contributed by atoms with van der Waals surface area (Å²) in [6.07, 6.45) is 4.92. The maximum absolute atomic E-state index is 5.01. The van der Waals surface area contributed by atoms with E-state index in [1.54, 1.807) is 0 Å². The van der Waals surface area contributed by atoms with Gasteiger partial charge >= 0.3 is 33.2 Å². The Kier molecular flexibility index (Phi) is 19.1. The molecule has 0 radical (unpaired) electrons. The number of ether oxygens (including phenoxy) is 1. The van der Waals surface area contributed by atoms with Crippen molar-refractivity contribution in [3.05, 3.63) is 29.6 Å². The minimum atomic E-state index is 0.0302. The molecular weight excluding hydrogens is 498 g/mol. The van der Waals surface area contributed by atoms with E-state index in [2.05, 4.69) is 73.6 Å². The second kappa shape index (κ2) is 18.5. The van der Waals surface area contributed by atoms with E-state index in [0.29, 0.717) is 12.9 Å². The first-order valence-electron chi connectivity index (χ1n) is 11.0. The zero-order valence-electron chi connectivity index (χ0n) is 20.1. The SMILES string of the molecule is C1CCOC1.CC(C)P(Cc1cccc(CP(C(C)C)C(C)C)n1)C(C)C.[Cl][Co][Cl]. The molecule has 1 aliphatic heterocycles. The molecule has 0 amide bonds. The van der Waals surface area contributed by atoms with Crippen LogP contribution in [0.15, 0.2) is 18.2 Å². The van der Waals surface area contributed by atoms with Crippen LogP contribution >= 0.6 is 36.1 Å². The quantitative estimate of drug-likeness (QED) is 0.307. The van der Waals surface area contributed by atoms with Crippen LogP contribution in [0.4, 0.5) is 0 Å². The van der Waals surface area contributed by atoms with Gasteiger partial charge in [0.2, 0.25) is 0 Å². The van der Waals surface area contributed by atoms with Crippen molar-refractivity contribution in [2.45, 2.75) is 103 Å². The molecule has 179 valence electrons. The number of hydrogen-bond donors (Lipinski definition) is 0. The predicted molar refractivity (Wildman–Crippen MR) is 138 cm³/mol.